The van der Waals surface area contributed by atoms with E-state index in [4.69, 9.17) is 45.9 Å². The maximum Gasteiger partial charge on any atom is 0.326 e. The third-order valence-corrected chi connectivity index (χ3v) is 18.0. The van der Waals surface area contributed by atoms with Crippen LogP contribution in [-0.4, -0.2) is 307 Å². The van der Waals surface area contributed by atoms with Crippen LogP contribution in [0.3, 0.4) is 0 Å². The van der Waals surface area contributed by atoms with Crippen LogP contribution in [0.25, 0.3) is 0 Å². The fraction of sp³-hybridized carbons (Fsp3) is 0.681. The molecule has 0 heterocycles. The Morgan fingerprint density at radius 1 is 0.296 bits per heavy atom. The molecule has 0 aliphatic rings. The lowest BCUT2D eigenvalue weighted by atomic mass is 9.99. The number of nitrogens with zero attached hydrogens (tertiary/aromatic N) is 1. The Labute approximate surface area is 716 Å². The molecule has 53 nitrogen and oxygen atoms in total. The molecule has 0 aromatic rings. The first-order valence-corrected chi connectivity index (χ1v) is 39.7. The topological polar surface area (TPSA) is 926 Å². The van der Waals surface area contributed by atoms with Crippen LogP contribution in [0.5, 0.6) is 0 Å². The Balaban J connectivity index is 7.49. The molecule has 17 amide bonds. The highest BCUT2D eigenvalue weighted by Crippen LogP contribution is 2.15. The molecule has 0 aliphatic carbocycles. The van der Waals surface area contributed by atoms with Crippen molar-refractivity contribution < 1.29 is 146 Å². The molecule has 53 heteroatoms. The summed E-state index contributed by atoms with van der Waals surface area (Å²) >= 11 is 0. The molecule has 0 aromatic carbocycles. The zero-order valence-corrected chi connectivity index (χ0v) is 69.9. The third-order valence-electron chi connectivity index (χ3n) is 18.0. The molecular formula is C72H123N23O30. The Morgan fingerprint density at radius 2 is 0.544 bits per heavy atom. The average molecular weight is 1790 g/mol. The van der Waals surface area contributed by atoms with Crippen LogP contribution >= 0.6 is 0 Å². The van der Waals surface area contributed by atoms with Gasteiger partial charge in [0.2, 0.25) is 100 Å². The van der Waals surface area contributed by atoms with Gasteiger partial charge in [0.1, 0.15) is 90.6 Å². The summed E-state index contributed by atoms with van der Waals surface area (Å²) in [5.41, 5.74) is 43.8. The first-order valence-electron chi connectivity index (χ1n) is 39.7. The van der Waals surface area contributed by atoms with E-state index < -0.39 is 317 Å². The van der Waals surface area contributed by atoms with E-state index in [0.29, 0.717) is 6.42 Å². The third kappa shape index (κ3) is 47.0. The highest BCUT2D eigenvalue weighted by atomic mass is 16.4. The molecule has 0 spiro atoms. The molecule has 0 aliphatic heterocycles. The first kappa shape index (κ1) is 112. The number of hydrogen-bond acceptors (Lipinski definition) is 29. The minimum absolute atomic E-state index is 0.00335. The number of guanidine groups is 1. The van der Waals surface area contributed by atoms with Crippen molar-refractivity contribution in [2.45, 2.75) is 266 Å². The summed E-state index contributed by atoms with van der Waals surface area (Å²) in [6.07, 6.45) is -12.5. The number of carboxylic acid groups (broad SMARTS) is 5. The summed E-state index contributed by atoms with van der Waals surface area (Å²) in [5.74, 6) is -31.3. The maximum absolute atomic E-state index is 14.5. The van der Waals surface area contributed by atoms with Crippen molar-refractivity contribution in [2.75, 3.05) is 32.8 Å². The summed E-state index contributed by atoms with van der Waals surface area (Å²) in [5, 5.41) is 110. The fourth-order valence-corrected chi connectivity index (χ4v) is 11.5. The minimum atomic E-state index is -2.28. The van der Waals surface area contributed by atoms with Gasteiger partial charge in [-0.15, -0.1) is 0 Å². The number of unbranched alkanes of at least 4 members (excludes halogenated alkanes) is 2. The number of hydrogen-bond donors (Lipinski definition) is 30. The van der Waals surface area contributed by atoms with Crippen molar-refractivity contribution in [3.8, 4) is 0 Å². The van der Waals surface area contributed by atoms with E-state index in [2.05, 4.69) is 52.8 Å². The van der Waals surface area contributed by atoms with Crippen LogP contribution in [0.4, 0.5) is 0 Å². The number of carbonyl (C=O) groups is 22. The molecular weight excluding hydrogens is 1670 g/mol. The van der Waals surface area contributed by atoms with Crippen LogP contribution in [0.1, 0.15) is 169 Å². The molecule has 0 saturated carbocycles. The zero-order valence-electron chi connectivity index (χ0n) is 69.9. The minimum Gasteiger partial charge on any atom is -0.481 e. The van der Waals surface area contributed by atoms with Crippen molar-refractivity contribution in [3.63, 3.8) is 0 Å². The Hall–Kier alpha value is -12.6. The van der Waals surface area contributed by atoms with E-state index in [1.54, 1.807) is 27.7 Å². The predicted molar refractivity (Wildman–Crippen MR) is 432 cm³/mol. The lowest BCUT2D eigenvalue weighted by Crippen LogP contribution is -2.62. The number of carboxylic acids is 5. The van der Waals surface area contributed by atoms with Crippen molar-refractivity contribution in [3.05, 3.63) is 0 Å². The Kier molecular flexibility index (Phi) is 53.2. The van der Waals surface area contributed by atoms with Gasteiger partial charge >= 0.3 is 29.8 Å². The van der Waals surface area contributed by atoms with Gasteiger partial charge in [-0.25, -0.2) is 4.79 Å². The Bertz CT molecular complexity index is 3750. The van der Waals surface area contributed by atoms with Gasteiger partial charge in [-0.1, -0.05) is 27.7 Å². The molecule has 0 radical (unpaired) electrons. The monoisotopic (exact) mass is 1790 g/mol. The number of aliphatic hydroxyl groups is 3. The van der Waals surface area contributed by atoms with Crippen LogP contribution in [0, 0.1) is 11.8 Å². The number of aliphatic hydroxyl groups excluding tert-OH is 3. The molecule has 0 bridgehead atoms. The lowest BCUT2D eigenvalue weighted by molar-refractivity contribution is -0.143. The molecule has 0 fully saturated rings. The fourth-order valence-electron chi connectivity index (χ4n) is 11.5. The van der Waals surface area contributed by atoms with Crippen LogP contribution < -0.4 is 120 Å². The van der Waals surface area contributed by atoms with Crippen molar-refractivity contribution in [1.82, 2.24) is 74.4 Å². The zero-order chi connectivity index (χ0) is 95.7. The number of amides is 17. The number of aliphatic imine (C=N–C) groups is 1. The van der Waals surface area contributed by atoms with E-state index in [9.17, 15) is 146 Å². The second-order valence-electron chi connectivity index (χ2n) is 29.8. The van der Waals surface area contributed by atoms with Gasteiger partial charge in [-0.2, -0.15) is 0 Å². The summed E-state index contributed by atoms with van der Waals surface area (Å²) < 4.78 is 0. The Morgan fingerprint density at radius 3 is 0.808 bits per heavy atom. The summed E-state index contributed by atoms with van der Waals surface area (Å²) in [6, 6.07) is -28.2. The molecule has 0 aromatic heterocycles. The van der Waals surface area contributed by atoms with Gasteiger partial charge < -0.3 is 161 Å². The standard InChI is InChI=1S/C72H123N23O30/c1-32(2)25-43(64(117)86-41(17-21-55(108)109)63(116)88-42(71(124)125)12-7-9-23-74)90-65(118)44(26-33(3)4)89-58(111)37(13-10-24-81-72(79)80)83-69(122)48(31-97)94-59(112)36(11-6-8-22-73)82-60(113)38(14-18-52(102)103)84-61(114)39(15-19-53(104)105)85-62(115)40(16-20-54(106)107)87-66(119)45(27-49(76)99)91-67(120)46(28-50(77)100)92-68(121)47(29-51(78)101)93-70(123)56(34(5)98)95-57(110)35(75)30-96/h32-48,56,96-98H,6-31,73-75H2,1-5H3,(H2,76,99)(H2,77,100)(H2,78,101)(H,82,113)(H,83,122)(H,84,114)(H,85,115)(H,86,117)(H,87,119)(H,88,116)(H,89,111)(H,90,118)(H,91,120)(H,92,121)(H,93,123)(H,94,112)(H,95,110)(H,102,103)(H,104,105)(H,106,107)(H,108,109)(H,124,125)(H4,79,80,81)/t34-,35+,36+,37+,38+,39+,40+,41+,42+,43+,44+,45+,46+,47+,48+,56+/m1/s1. The van der Waals surface area contributed by atoms with Gasteiger partial charge in [-0.3, -0.25) is 106 Å². The maximum atomic E-state index is 14.5. The lowest BCUT2D eigenvalue weighted by Gasteiger charge is -2.29. The van der Waals surface area contributed by atoms with Crippen LogP contribution in [0.2, 0.25) is 0 Å². The summed E-state index contributed by atoms with van der Waals surface area (Å²) in [7, 11) is 0. The largest absolute Gasteiger partial charge is 0.481 e. The number of nitrogens with two attached hydrogens (primary N) is 8. The SMILES string of the molecule is CC(C)C[C@H](NC(=O)[C@H](CC(C)C)NC(=O)[C@H](CCCN=C(N)N)NC(=O)[C@H](CO)NC(=O)[C@H](CCCCN)NC(=O)[C@H](CCC(=O)O)NC(=O)[C@H](CCC(=O)O)NC(=O)[C@H](CCC(=O)O)NC(=O)[C@H](CC(N)=O)NC(=O)[C@H](CC(N)=O)NC(=O)[C@H](CC(N)=O)NC(=O)[C@@H](NC(=O)[C@@H](N)CO)[C@@H](C)O)C(=O)N[C@@H](CCC(=O)O)C(=O)N[C@@H](CCCCN)C(=O)O. The van der Waals surface area contributed by atoms with Gasteiger partial charge in [0.15, 0.2) is 5.96 Å². The van der Waals surface area contributed by atoms with Gasteiger partial charge in [0.05, 0.1) is 38.6 Å². The van der Waals surface area contributed by atoms with E-state index in [1.165, 1.54) is 0 Å². The van der Waals surface area contributed by atoms with Crippen molar-refractivity contribution in [2.24, 2.45) is 62.7 Å². The predicted octanol–water partition coefficient (Wildman–Crippen LogP) is -13.0. The smallest absolute Gasteiger partial charge is 0.326 e. The van der Waals surface area contributed by atoms with Crippen LogP contribution in [-0.2, 0) is 105 Å². The molecule has 38 N–H and O–H groups in total. The first-order chi connectivity index (χ1) is 58.4. The van der Waals surface area contributed by atoms with E-state index in [0.717, 1.165) is 6.92 Å². The highest BCUT2D eigenvalue weighted by Gasteiger charge is 2.40. The van der Waals surface area contributed by atoms with Gasteiger partial charge in [0.25, 0.3) is 0 Å². The second kappa shape index (κ2) is 59.2. The number of aliphatic carboxylic acids is 5. The average Bonchev–Trinajstić information content (AvgIpc) is 0.853. The summed E-state index contributed by atoms with van der Waals surface area (Å²) in [4.78, 5) is 296. The second-order valence-corrected chi connectivity index (χ2v) is 29.8. The molecule has 0 rings (SSSR count). The van der Waals surface area contributed by atoms with E-state index >= 15 is 0 Å². The van der Waals surface area contributed by atoms with Gasteiger partial charge in [-0.05, 0) is 122 Å². The van der Waals surface area contributed by atoms with E-state index in [-0.39, 0.29) is 89.3 Å². The van der Waals surface area contributed by atoms with Crippen molar-refractivity contribution >= 4 is 136 Å². The van der Waals surface area contributed by atoms with Crippen molar-refractivity contribution in [1.29, 1.82) is 0 Å². The van der Waals surface area contributed by atoms with Crippen LogP contribution in [0.15, 0.2) is 4.99 Å². The van der Waals surface area contributed by atoms with E-state index in [1.807, 2.05) is 26.6 Å². The molecule has 706 valence electrons. The molecule has 0 saturated heterocycles. The summed E-state index contributed by atoms with van der Waals surface area (Å²) in [6.45, 7) is 5.49. The number of primary amides is 3. The molecule has 0 unspecified atom stereocenters. The highest BCUT2D eigenvalue weighted by molar-refractivity contribution is 6.03. The van der Waals surface area contributed by atoms with Gasteiger partial charge in [0, 0.05) is 32.2 Å². The quantitative estimate of drug-likeness (QED) is 0.0153. The number of nitrogens with one attached hydrogen (secondary N) is 14. The molecule has 16 atom stereocenters. The normalized spacial score (nSPS) is 14.9. The number of carbonyl (C=O) groups excluding carboxylic acids is 17. The molecule has 125 heavy (non-hydrogen) atoms. The number of rotatable bonds is 66.